The van der Waals surface area contributed by atoms with Crippen molar-refractivity contribution in [3.8, 4) is 0 Å². The van der Waals surface area contributed by atoms with Crippen LogP contribution in [0.15, 0.2) is 12.1 Å². The largest absolute Gasteiger partial charge is 0.391 e. The van der Waals surface area contributed by atoms with Crippen LogP contribution >= 0.6 is 11.7 Å². The highest BCUT2D eigenvalue weighted by atomic mass is 32.1. The molecule has 0 saturated heterocycles. The van der Waals surface area contributed by atoms with Gasteiger partial charge in [0.25, 0.3) is 0 Å². The SMILES string of the molecule is Cc1ccc2nsnc2c1NC(=O)N[C@@H]1CCCC[C@H]1O. The summed E-state index contributed by atoms with van der Waals surface area (Å²) in [6, 6.07) is 3.33. The fraction of sp³-hybridized carbons (Fsp3) is 0.500. The maximum absolute atomic E-state index is 12.2. The Morgan fingerprint density at radius 3 is 2.95 bits per heavy atom. The first-order valence-electron chi connectivity index (χ1n) is 7.12. The molecule has 1 saturated carbocycles. The van der Waals surface area contributed by atoms with Crippen molar-refractivity contribution < 1.29 is 9.90 Å². The van der Waals surface area contributed by atoms with E-state index in [1.165, 1.54) is 0 Å². The Morgan fingerprint density at radius 1 is 1.33 bits per heavy atom. The van der Waals surface area contributed by atoms with Gasteiger partial charge in [-0.2, -0.15) is 8.75 Å². The molecule has 2 atom stereocenters. The summed E-state index contributed by atoms with van der Waals surface area (Å²) in [4.78, 5) is 12.2. The number of carbonyl (C=O) groups is 1. The van der Waals surface area contributed by atoms with Crippen LogP contribution in [0.4, 0.5) is 10.5 Å². The number of benzene rings is 1. The summed E-state index contributed by atoms with van der Waals surface area (Å²) in [6.07, 6.45) is 3.16. The molecule has 21 heavy (non-hydrogen) atoms. The van der Waals surface area contributed by atoms with E-state index in [2.05, 4.69) is 19.4 Å². The molecule has 7 heteroatoms. The third kappa shape index (κ3) is 2.98. The number of aliphatic hydroxyl groups is 1. The van der Waals surface area contributed by atoms with Gasteiger partial charge in [0.2, 0.25) is 0 Å². The van der Waals surface area contributed by atoms with Gasteiger partial charge in [-0.1, -0.05) is 18.9 Å². The molecule has 2 amide bonds. The standard InChI is InChI=1S/C14H18N4O2S/c1-8-6-7-10-13(18-21-17-10)12(8)16-14(20)15-9-4-2-3-5-11(9)19/h6-7,9,11,19H,2-5H2,1H3,(H2,15,16,20)/t9-,11-/m1/s1. The van der Waals surface area contributed by atoms with Crippen molar-refractivity contribution in [1.29, 1.82) is 0 Å². The minimum atomic E-state index is -0.456. The fourth-order valence-electron chi connectivity index (χ4n) is 2.71. The predicted octanol–water partition coefficient (Wildman–Crippen LogP) is 2.42. The lowest BCUT2D eigenvalue weighted by Crippen LogP contribution is -2.46. The number of amides is 2. The summed E-state index contributed by atoms with van der Waals surface area (Å²) in [5.74, 6) is 0. The van der Waals surface area contributed by atoms with Crippen molar-refractivity contribution in [2.24, 2.45) is 0 Å². The highest BCUT2D eigenvalue weighted by Gasteiger charge is 2.24. The van der Waals surface area contributed by atoms with Crippen LogP contribution < -0.4 is 10.6 Å². The topological polar surface area (TPSA) is 87.1 Å². The van der Waals surface area contributed by atoms with E-state index in [1.54, 1.807) is 0 Å². The van der Waals surface area contributed by atoms with E-state index in [1.807, 2.05) is 19.1 Å². The second-order valence-corrected chi connectivity index (χ2v) is 5.97. The molecule has 1 aliphatic rings. The molecule has 0 bridgehead atoms. The quantitative estimate of drug-likeness (QED) is 0.795. The van der Waals surface area contributed by atoms with Gasteiger partial charge < -0.3 is 15.7 Å². The van der Waals surface area contributed by atoms with Crippen molar-refractivity contribution in [3.05, 3.63) is 17.7 Å². The Kier molecular flexibility index (Phi) is 4.03. The van der Waals surface area contributed by atoms with Crippen molar-refractivity contribution in [3.63, 3.8) is 0 Å². The first-order chi connectivity index (χ1) is 10.1. The van der Waals surface area contributed by atoms with Gasteiger partial charge in [0.1, 0.15) is 11.0 Å². The normalized spacial score (nSPS) is 22.2. The summed E-state index contributed by atoms with van der Waals surface area (Å²) < 4.78 is 8.41. The number of carbonyl (C=O) groups excluding carboxylic acids is 1. The smallest absolute Gasteiger partial charge is 0.319 e. The highest BCUT2D eigenvalue weighted by molar-refractivity contribution is 7.00. The highest BCUT2D eigenvalue weighted by Crippen LogP contribution is 2.25. The van der Waals surface area contributed by atoms with E-state index in [0.717, 1.165) is 48.5 Å². The van der Waals surface area contributed by atoms with E-state index < -0.39 is 6.10 Å². The number of aromatic nitrogens is 2. The molecule has 1 fully saturated rings. The molecule has 0 spiro atoms. The van der Waals surface area contributed by atoms with Gasteiger partial charge in [-0.05, 0) is 31.4 Å². The predicted molar refractivity (Wildman–Crippen MR) is 82.6 cm³/mol. The molecule has 1 heterocycles. The minimum absolute atomic E-state index is 0.174. The number of nitrogens with zero attached hydrogens (tertiary/aromatic N) is 2. The lowest BCUT2D eigenvalue weighted by molar-refractivity contribution is 0.0955. The monoisotopic (exact) mass is 306 g/mol. The lowest BCUT2D eigenvalue weighted by Gasteiger charge is -2.28. The zero-order chi connectivity index (χ0) is 14.8. The zero-order valence-electron chi connectivity index (χ0n) is 11.8. The molecule has 2 aromatic rings. The third-order valence-electron chi connectivity index (χ3n) is 3.92. The van der Waals surface area contributed by atoms with Gasteiger partial charge in [-0.15, -0.1) is 0 Å². The zero-order valence-corrected chi connectivity index (χ0v) is 12.6. The van der Waals surface area contributed by atoms with Gasteiger partial charge in [-0.3, -0.25) is 0 Å². The van der Waals surface area contributed by atoms with Gasteiger partial charge >= 0.3 is 6.03 Å². The Balaban J connectivity index is 1.74. The molecule has 6 nitrogen and oxygen atoms in total. The Bertz CT molecular complexity index is 657. The van der Waals surface area contributed by atoms with E-state index in [0.29, 0.717) is 11.2 Å². The summed E-state index contributed by atoms with van der Waals surface area (Å²) in [6.45, 7) is 1.92. The average molecular weight is 306 g/mol. The maximum atomic E-state index is 12.2. The van der Waals surface area contributed by atoms with E-state index in [4.69, 9.17) is 0 Å². The Hall–Kier alpha value is -1.73. The summed E-state index contributed by atoms with van der Waals surface area (Å²) in [5, 5.41) is 15.6. The fourth-order valence-corrected chi connectivity index (χ4v) is 3.25. The van der Waals surface area contributed by atoms with Crippen molar-refractivity contribution >= 4 is 34.5 Å². The van der Waals surface area contributed by atoms with E-state index in [-0.39, 0.29) is 12.1 Å². The Morgan fingerprint density at radius 2 is 2.14 bits per heavy atom. The van der Waals surface area contributed by atoms with Crippen LogP contribution in [0.2, 0.25) is 0 Å². The van der Waals surface area contributed by atoms with Gasteiger partial charge in [-0.25, -0.2) is 4.79 Å². The Labute approximate surface area is 126 Å². The number of anilines is 1. The summed E-state index contributed by atoms with van der Waals surface area (Å²) in [5.41, 5.74) is 3.11. The van der Waals surface area contributed by atoms with E-state index in [9.17, 15) is 9.90 Å². The second kappa shape index (κ2) is 5.95. The second-order valence-electron chi connectivity index (χ2n) is 5.45. The van der Waals surface area contributed by atoms with Crippen LogP contribution in [0.1, 0.15) is 31.2 Å². The molecule has 3 rings (SSSR count). The first kappa shape index (κ1) is 14.2. The number of hydrogen-bond donors (Lipinski definition) is 3. The van der Waals surface area contributed by atoms with Crippen LogP contribution in [0.3, 0.4) is 0 Å². The van der Waals surface area contributed by atoms with Gasteiger partial charge in [0.15, 0.2) is 0 Å². The van der Waals surface area contributed by atoms with Crippen LogP contribution in [-0.4, -0.2) is 32.0 Å². The lowest BCUT2D eigenvalue weighted by atomic mass is 9.93. The first-order valence-corrected chi connectivity index (χ1v) is 7.85. The van der Waals surface area contributed by atoms with Crippen molar-refractivity contribution in [1.82, 2.24) is 14.1 Å². The van der Waals surface area contributed by atoms with Crippen LogP contribution in [0.25, 0.3) is 11.0 Å². The van der Waals surface area contributed by atoms with Gasteiger partial charge in [0, 0.05) is 0 Å². The third-order valence-corrected chi connectivity index (χ3v) is 4.46. The minimum Gasteiger partial charge on any atom is -0.391 e. The number of urea groups is 1. The number of aryl methyl sites for hydroxylation is 1. The van der Waals surface area contributed by atoms with Gasteiger partial charge in [0.05, 0.1) is 29.6 Å². The molecule has 0 unspecified atom stereocenters. The molecule has 0 aliphatic heterocycles. The van der Waals surface area contributed by atoms with E-state index >= 15 is 0 Å². The number of rotatable bonds is 2. The van der Waals surface area contributed by atoms with Crippen molar-refractivity contribution in [2.45, 2.75) is 44.8 Å². The maximum Gasteiger partial charge on any atom is 0.319 e. The van der Waals surface area contributed by atoms with Crippen molar-refractivity contribution in [2.75, 3.05) is 5.32 Å². The molecular formula is C14H18N4O2S. The summed E-state index contributed by atoms with van der Waals surface area (Å²) >= 11 is 1.13. The number of nitrogens with one attached hydrogen (secondary N) is 2. The molecule has 112 valence electrons. The van der Waals surface area contributed by atoms with Crippen LogP contribution in [-0.2, 0) is 0 Å². The summed E-state index contributed by atoms with van der Waals surface area (Å²) in [7, 11) is 0. The molecule has 1 aromatic heterocycles. The molecule has 3 N–H and O–H groups in total. The molecular weight excluding hydrogens is 288 g/mol. The molecule has 1 aromatic carbocycles. The van der Waals surface area contributed by atoms with Crippen LogP contribution in [0, 0.1) is 6.92 Å². The number of fused-ring (bicyclic) bond motifs is 1. The average Bonchev–Trinajstić information content (AvgIpc) is 2.93. The number of aliphatic hydroxyl groups excluding tert-OH is 1. The van der Waals surface area contributed by atoms with Crippen LogP contribution in [0.5, 0.6) is 0 Å². The molecule has 1 aliphatic carbocycles. The molecule has 0 radical (unpaired) electrons. The number of hydrogen-bond acceptors (Lipinski definition) is 5.